The summed E-state index contributed by atoms with van der Waals surface area (Å²) in [6, 6.07) is 0.262. The van der Waals surface area contributed by atoms with Gasteiger partial charge in [0.1, 0.15) is 0 Å². The molecular weight excluding hydrogens is 155 g/mol. The van der Waals surface area contributed by atoms with Gasteiger partial charge in [-0.3, -0.25) is 0 Å². The van der Waals surface area contributed by atoms with Crippen molar-refractivity contribution >= 4 is 13.2 Å². The molecule has 0 radical (unpaired) electrons. The Bertz CT molecular complexity index is 178. The van der Waals surface area contributed by atoms with Gasteiger partial charge in [0, 0.05) is 0 Å². The SMILES string of the molecule is CC(=O)N1CCC(NB=O)CC1. The van der Waals surface area contributed by atoms with E-state index in [0.717, 1.165) is 33.2 Å². The van der Waals surface area contributed by atoms with Gasteiger partial charge in [0.25, 0.3) is 0 Å². The number of likely N-dealkylation sites (tertiary alicyclic amines) is 1. The molecule has 1 N–H and O–H groups in total. The second-order valence-electron chi connectivity index (χ2n) is 3.06. The predicted molar refractivity (Wildman–Crippen MR) is 44.9 cm³/mol. The van der Waals surface area contributed by atoms with Gasteiger partial charge < -0.3 is 0 Å². The molecular formula is C7H13BN2O2. The third-order valence-corrected chi connectivity index (χ3v) is 2.24. The zero-order valence-corrected chi connectivity index (χ0v) is 7.25. The molecule has 0 aromatic carbocycles. The number of hydrogen-bond donors (Lipinski definition) is 1. The number of piperidine rings is 1. The van der Waals surface area contributed by atoms with Crippen molar-refractivity contribution in [2.75, 3.05) is 13.1 Å². The fourth-order valence-electron chi connectivity index (χ4n) is 1.46. The summed E-state index contributed by atoms with van der Waals surface area (Å²) >= 11 is 0. The zero-order valence-electron chi connectivity index (χ0n) is 7.25. The first-order chi connectivity index (χ1) is 5.74. The van der Waals surface area contributed by atoms with E-state index in [4.69, 9.17) is 0 Å². The topological polar surface area (TPSA) is 49.4 Å². The molecule has 5 heteroatoms. The Morgan fingerprint density at radius 2 is 2.08 bits per heavy atom. The van der Waals surface area contributed by atoms with Crippen molar-refractivity contribution < 1.29 is 9.50 Å². The summed E-state index contributed by atoms with van der Waals surface area (Å²) in [5.74, 6) is 0.125. The fraction of sp³-hybridized carbons (Fsp3) is 0.857. The van der Waals surface area contributed by atoms with E-state index in [1.807, 2.05) is 4.90 Å². The van der Waals surface area contributed by atoms with Crippen molar-refractivity contribution in [3.63, 3.8) is 0 Å². The average molecular weight is 168 g/mol. The van der Waals surface area contributed by atoms with Crippen molar-refractivity contribution in [2.45, 2.75) is 25.8 Å². The Kier molecular flexibility index (Phi) is 3.25. The normalized spacial score (nSPS) is 18.6. The molecule has 0 aliphatic carbocycles. The minimum absolute atomic E-state index is 0.125. The molecule has 1 amide bonds. The Labute approximate surface area is 72.6 Å². The van der Waals surface area contributed by atoms with E-state index >= 15 is 0 Å². The van der Waals surface area contributed by atoms with Crippen molar-refractivity contribution in [1.29, 1.82) is 0 Å². The van der Waals surface area contributed by atoms with E-state index < -0.39 is 0 Å². The van der Waals surface area contributed by atoms with E-state index in [1.165, 1.54) is 0 Å². The molecule has 0 aromatic rings. The first kappa shape index (κ1) is 9.22. The van der Waals surface area contributed by atoms with Crippen LogP contribution in [-0.2, 0) is 9.50 Å². The molecule has 1 fully saturated rings. The first-order valence-electron chi connectivity index (χ1n) is 4.19. The number of nitrogens with one attached hydrogen (secondary N) is 1. The van der Waals surface area contributed by atoms with Gasteiger partial charge in [-0.2, -0.15) is 0 Å². The summed E-state index contributed by atoms with van der Waals surface area (Å²) in [7, 11) is 0.730. The third kappa shape index (κ3) is 2.32. The van der Waals surface area contributed by atoms with Gasteiger partial charge in [0.15, 0.2) is 0 Å². The standard InChI is InChI=1S/C7H13BN2O2/c1-6(11)10-4-2-7(3-5-10)9-8-12/h7,9H,2-5H2,1H3. The van der Waals surface area contributed by atoms with Crippen molar-refractivity contribution in [1.82, 2.24) is 10.1 Å². The second-order valence-corrected chi connectivity index (χ2v) is 3.06. The molecule has 12 heavy (non-hydrogen) atoms. The number of nitrogens with zero attached hydrogens (tertiary/aromatic N) is 1. The number of hydrogen-bond acceptors (Lipinski definition) is 2. The quantitative estimate of drug-likeness (QED) is 0.568. The maximum absolute atomic E-state index is 10.9. The van der Waals surface area contributed by atoms with Crippen LogP contribution in [0.3, 0.4) is 0 Å². The first-order valence-corrected chi connectivity index (χ1v) is 4.19. The summed E-state index contributed by atoms with van der Waals surface area (Å²) < 4.78 is 10.1. The number of rotatable bonds is 2. The molecule has 0 spiro atoms. The van der Waals surface area contributed by atoms with Gasteiger partial charge in [0.05, 0.1) is 0 Å². The second kappa shape index (κ2) is 4.23. The van der Waals surface area contributed by atoms with Crippen LogP contribution in [0.15, 0.2) is 0 Å². The van der Waals surface area contributed by atoms with E-state index in [1.54, 1.807) is 6.92 Å². The molecule has 66 valence electrons. The van der Waals surface area contributed by atoms with Crippen LogP contribution in [0.5, 0.6) is 0 Å². The van der Waals surface area contributed by atoms with Gasteiger partial charge in [-0.15, -0.1) is 0 Å². The van der Waals surface area contributed by atoms with Crippen molar-refractivity contribution in [2.24, 2.45) is 0 Å². The van der Waals surface area contributed by atoms with Crippen LogP contribution in [0, 0.1) is 0 Å². The maximum atomic E-state index is 10.9. The third-order valence-electron chi connectivity index (χ3n) is 2.24. The fourth-order valence-corrected chi connectivity index (χ4v) is 1.46. The van der Waals surface area contributed by atoms with Crippen LogP contribution in [0.4, 0.5) is 0 Å². The van der Waals surface area contributed by atoms with Crippen LogP contribution in [0.25, 0.3) is 0 Å². The van der Waals surface area contributed by atoms with Crippen LogP contribution in [-0.4, -0.2) is 37.2 Å². The Morgan fingerprint density at radius 3 is 2.50 bits per heavy atom. The van der Waals surface area contributed by atoms with Crippen LogP contribution >= 0.6 is 0 Å². The molecule has 1 rings (SSSR count). The molecule has 1 aliphatic heterocycles. The molecule has 1 saturated heterocycles. The Balaban J connectivity index is 2.29. The van der Waals surface area contributed by atoms with Crippen LogP contribution < -0.4 is 5.23 Å². The van der Waals surface area contributed by atoms with Gasteiger partial charge in [-0.05, 0) is 0 Å². The van der Waals surface area contributed by atoms with Gasteiger partial charge in [-0.1, -0.05) is 0 Å². The van der Waals surface area contributed by atoms with Crippen LogP contribution in [0.2, 0.25) is 0 Å². The summed E-state index contributed by atoms with van der Waals surface area (Å²) in [5.41, 5.74) is 0. The predicted octanol–water partition coefficient (Wildman–Crippen LogP) is -0.448. The minimum atomic E-state index is 0.125. The average Bonchev–Trinajstić information content (AvgIpc) is 2.06. The summed E-state index contributed by atoms with van der Waals surface area (Å²) in [6.45, 7) is 3.11. The molecule has 0 saturated carbocycles. The summed E-state index contributed by atoms with van der Waals surface area (Å²) in [6.07, 6.45) is 1.75. The Hall–Kier alpha value is -0.865. The molecule has 1 aliphatic rings. The molecule has 0 atom stereocenters. The number of carbonyl (C=O) groups is 1. The van der Waals surface area contributed by atoms with Crippen molar-refractivity contribution in [3.8, 4) is 0 Å². The number of amides is 1. The molecule has 0 bridgehead atoms. The molecule has 1 heterocycles. The van der Waals surface area contributed by atoms with Crippen molar-refractivity contribution in [3.05, 3.63) is 0 Å². The summed E-state index contributed by atoms with van der Waals surface area (Å²) in [4.78, 5) is 12.7. The summed E-state index contributed by atoms with van der Waals surface area (Å²) in [5, 5.41) is 2.73. The van der Waals surface area contributed by atoms with E-state index in [2.05, 4.69) is 5.23 Å². The molecule has 0 aromatic heterocycles. The number of carbonyl (C=O) groups excluding carboxylic acids is 1. The van der Waals surface area contributed by atoms with Gasteiger partial charge >= 0.3 is 71.7 Å². The van der Waals surface area contributed by atoms with E-state index in [0.29, 0.717) is 0 Å². The zero-order chi connectivity index (χ0) is 8.97. The van der Waals surface area contributed by atoms with Crippen LogP contribution in [0.1, 0.15) is 19.8 Å². The van der Waals surface area contributed by atoms with E-state index in [-0.39, 0.29) is 11.9 Å². The molecule has 0 unspecified atom stereocenters. The van der Waals surface area contributed by atoms with E-state index in [9.17, 15) is 9.50 Å². The van der Waals surface area contributed by atoms with Gasteiger partial charge in [-0.25, -0.2) is 0 Å². The van der Waals surface area contributed by atoms with Gasteiger partial charge in [0.2, 0.25) is 0 Å². The Morgan fingerprint density at radius 1 is 1.50 bits per heavy atom. The molecule has 4 nitrogen and oxygen atoms in total. The monoisotopic (exact) mass is 168 g/mol.